The van der Waals surface area contributed by atoms with Gasteiger partial charge in [0.05, 0.1) is 6.10 Å². The Morgan fingerprint density at radius 2 is 1.59 bits per heavy atom. The first-order chi connectivity index (χ1) is 13.8. The van der Waals surface area contributed by atoms with Gasteiger partial charge in [-0.2, -0.15) is 0 Å². The number of aliphatic hydroxyl groups is 2. The number of fused-ring (bicyclic) bond motifs is 5. The van der Waals surface area contributed by atoms with Crippen molar-refractivity contribution in [3.63, 3.8) is 0 Å². The third-order valence-corrected chi connectivity index (χ3v) is 10.9. The van der Waals surface area contributed by atoms with Gasteiger partial charge in [-0.15, -0.1) is 0 Å². The SMILES string of the molecule is CC(C)CCC[C@@H](CO)[C@H]1CC[C@H]2[C@@H]3CC[C@H]4C[C@@H](O)CC[C@]4(C)[C@H]3CC[C@]12C. The van der Waals surface area contributed by atoms with E-state index in [2.05, 4.69) is 27.7 Å². The molecule has 0 aliphatic heterocycles. The van der Waals surface area contributed by atoms with Crippen molar-refractivity contribution in [3.05, 3.63) is 0 Å². The molecule has 29 heavy (non-hydrogen) atoms. The maximum atomic E-state index is 10.3. The fraction of sp³-hybridized carbons (Fsp3) is 1.00. The van der Waals surface area contributed by atoms with Gasteiger partial charge in [0.2, 0.25) is 0 Å². The van der Waals surface area contributed by atoms with Crippen molar-refractivity contribution >= 4 is 0 Å². The van der Waals surface area contributed by atoms with Gasteiger partial charge in [-0.25, -0.2) is 0 Å². The first-order valence-corrected chi connectivity index (χ1v) is 13.1. The molecule has 0 saturated heterocycles. The van der Waals surface area contributed by atoms with E-state index in [1.807, 2.05) is 0 Å². The number of aliphatic hydroxyl groups excluding tert-OH is 2. The van der Waals surface area contributed by atoms with Gasteiger partial charge in [0.25, 0.3) is 0 Å². The molecule has 4 fully saturated rings. The zero-order valence-corrected chi connectivity index (χ0v) is 19.7. The third-order valence-electron chi connectivity index (χ3n) is 10.9. The van der Waals surface area contributed by atoms with Crippen LogP contribution in [-0.4, -0.2) is 22.9 Å². The van der Waals surface area contributed by atoms with Gasteiger partial charge >= 0.3 is 0 Å². The van der Waals surface area contributed by atoms with Crippen LogP contribution in [0.1, 0.15) is 105 Å². The first-order valence-electron chi connectivity index (χ1n) is 13.1. The van der Waals surface area contributed by atoms with Crippen molar-refractivity contribution < 1.29 is 10.2 Å². The Bertz CT molecular complexity index is 559. The van der Waals surface area contributed by atoms with E-state index >= 15 is 0 Å². The van der Waals surface area contributed by atoms with Crippen molar-refractivity contribution in [2.24, 2.45) is 52.3 Å². The van der Waals surface area contributed by atoms with Crippen molar-refractivity contribution in [2.45, 2.75) is 111 Å². The lowest BCUT2D eigenvalue weighted by Crippen LogP contribution is -2.54. The van der Waals surface area contributed by atoms with Gasteiger partial charge in [-0.3, -0.25) is 0 Å². The van der Waals surface area contributed by atoms with E-state index < -0.39 is 0 Å². The molecule has 0 spiro atoms. The van der Waals surface area contributed by atoms with E-state index in [0.717, 1.165) is 48.3 Å². The Hall–Kier alpha value is -0.0800. The fourth-order valence-electron chi connectivity index (χ4n) is 9.26. The Kier molecular flexibility index (Phi) is 6.45. The van der Waals surface area contributed by atoms with Crippen LogP contribution in [-0.2, 0) is 0 Å². The van der Waals surface area contributed by atoms with E-state index in [9.17, 15) is 10.2 Å². The van der Waals surface area contributed by atoms with E-state index in [1.54, 1.807) is 0 Å². The third kappa shape index (κ3) is 3.84. The molecule has 0 radical (unpaired) electrons. The summed E-state index contributed by atoms with van der Waals surface area (Å²) in [4.78, 5) is 0. The quantitative estimate of drug-likeness (QED) is 0.534. The highest BCUT2D eigenvalue weighted by Gasteiger charge is 2.60. The minimum atomic E-state index is -0.0366. The summed E-state index contributed by atoms with van der Waals surface area (Å²) in [5.41, 5.74) is 0.943. The molecule has 9 atom stereocenters. The monoisotopic (exact) mass is 404 g/mol. The summed E-state index contributed by atoms with van der Waals surface area (Å²) in [6.45, 7) is 10.3. The lowest BCUT2D eigenvalue weighted by Gasteiger charge is -2.61. The molecule has 0 aromatic heterocycles. The second kappa shape index (κ2) is 8.45. The summed E-state index contributed by atoms with van der Waals surface area (Å²) in [6, 6.07) is 0. The highest BCUT2D eigenvalue weighted by Crippen LogP contribution is 2.68. The predicted octanol–water partition coefficient (Wildman–Crippen LogP) is 6.44. The molecule has 4 saturated carbocycles. The van der Waals surface area contributed by atoms with Crippen LogP contribution < -0.4 is 0 Å². The van der Waals surface area contributed by atoms with Gasteiger partial charge < -0.3 is 10.2 Å². The van der Waals surface area contributed by atoms with Crippen molar-refractivity contribution in [1.82, 2.24) is 0 Å². The fourth-order valence-corrected chi connectivity index (χ4v) is 9.26. The van der Waals surface area contributed by atoms with Crippen LogP contribution in [0.2, 0.25) is 0 Å². The zero-order valence-electron chi connectivity index (χ0n) is 19.7. The number of rotatable bonds is 6. The average Bonchev–Trinajstić information content (AvgIpc) is 3.03. The first kappa shape index (κ1) is 22.1. The van der Waals surface area contributed by atoms with Gasteiger partial charge in [0.1, 0.15) is 0 Å². The van der Waals surface area contributed by atoms with Gasteiger partial charge in [-0.05, 0) is 116 Å². The van der Waals surface area contributed by atoms with Crippen LogP contribution in [0.25, 0.3) is 0 Å². The molecule has 0 heterocycles. The Morgan fingerprint density at radius 1 is 0.862 bits per heavy atom. The molecule has 0 aromatic rings. The van der Waals surface area contributed by atoms with Gasteiger partial charge in [-0.1, -0.05) is 40.5 Å². The van der Waals surface area contributed by atoms with Crippen LogP contribution in [0, 0.1) is 52.3 Å². The molecule has 0 aromatic carbocycles. The highest BCUT2D eigenvalue weighted by atomic mass is 16.3. The molecule has 168 valence electrons. The highest BCUT2D eigenvalue weighted by molar-refractivity contribution is 5.09. The molecule has 4 aliphatic rings. The van der Waals surface area contributed by atoms with Crippen molar-refractivity contribution in [1.29, 1.82) is 0 Å². The standard InChI is InChI=1S/C27H48O2/c1-18(2)6-5-7-19(17-28)23-10-11-24-22-9-8-20-16-21(29)12-14-26(20,3)25(22)13-15-27(23,24)4/h18-25,28-29H,5-17H2,1-4H3/t19-,20-,21-,22-,23+,24-,25-,26-,27+/m0/s1. The van der Waals surface area contributed by atoms with Gasteiger partial charge in [0.15, 0.2) is 0 Å². The summed E-state index contributed by atoms with van der Waals surface area (Å²) in [7, 11) is 0. The molecular formula is C27H48O2. The van der Waals surface area contributed by atoms with E-state index in [-0.39, 0.29) is 6.10 Å². The largest absolute Gasteiger partial charge is 0.396 e. The molecule has 2 heteroatoms. The van der Waals surface area contributed by atoms with Crippen molar-refractivity contribution in [3.8, 4) is 0 Å². The summed E-state index contributed by atoms with van der Waals surface area (Å²) < 4.78 is 0. The topological polar surface area (TPSA) is 40.5 Å². The number of hydrogen-bond acceptors (Lipinski definition) is 2. The molecule has 4 aliphatic carbocycles. The minimum absolute atomic E-state index is 0.0366. The molecule has 0 unspecified atom stereocenters. The van der Waals surface area contributed by atoms with Crippen LogP contribution in [0.5, 0.6) is 0 Å². The molecule has 2 N–H and O–H groups in total. The van der Waals surface area contributed by atoms with E-state index in [0.29, 0.717) is 23.4 Å². The Labute approximate surface area is 180 Å². The van der Waals surface area contributed by atoms with Crippen LogP contribution >= 0.6 is 0 Å². The zero-order chi connectivity index (χ0) is 20.8. The Balaban J connectivity index is 1.48. The summed E-state index contributed by atoms with van der Waals surface area (Å²) in [6.07, 6.45) is 15.4. The lowest BCUT2D eigenvalue weighted by atomic mass is 9.44. The smallest absolute Gasteiger partial charge is 0.0543 e. The average molecular weight is 405 g/mol. The lowest BCUT2D eigenvalue weighted by molar-refractivity contribution is -0.130. The summed E-state index contributed by atoms with van der Waals surface area (Å²) in [5.74, 6) is 5.48. The minimum Gasteiger partial charge on any atom is -0.396 e. The van der Waals surface area contributed by atoms with E-state index in [1.165, 1.54) is 64.2 Å². The maximum absolute atomic E-state index is 10.3. The predicted molar refractivity (Wildman–Crippen MR) is 120 cm³/mol. The summed E-state index contributed by atoms with van der Waals surface area (Å²) >= 11 is 0. The van der Waals surface area contributed by atoms with Crippen LogP contribution in [0.3, 0.4) is 0 Å². The van der Waals surface area contributed by atoms with Crippen molar-refractivity contribution in [2.75, 3.05) is 6.61 Å². The van der Waals surface area contributed by atoms with Gasteiger partial charge in [0, 0.05) is 6.61 Å². The normalized spacial score (nSPS) is 48.1. The molecule has 0 amide bonds. The van der Waals surface area contributed by atoms with E-state index in [4.69, 9.17) is 0 Å². The molecular weight excluding hydrogens is 356 g/mol. The second-order valence-electron chi connectivity index (χ2n) is 12.6. The second-order valence-corrected chi connectivity index (χ2v) is 12.6. The summed E-state index contributed by atoms with van der Waals surface area (Å²) in [5, 5.41) is 20.5. The molecule has 4 rings (SSSR count). The maximum Gasteiger partial charge on any atom is 0.0543 e. The Morgan fingerprint density at radius 3 is 2.31 bits per heavy atom. The molecule has 0 bridgehead atoms. The van der Waals surface area contributed by atoms with Crippen LogP contribution in [0.15, 0.2) is 0 Å². The molecule has 2 nitrogen and oxygen atoms in total. The number of hydrogen-bond donors (Lipinski definition) is 2. The van der Waals surface area contributed by atoms with Crippen LogP contribution in [0.4, 0.5) is 0 Å².